The van der Waals surface area contributed by atoms with Gasteiger partial charge >= 0.3 is 0 Å². The number of anilines is 1. The Hall–Kier alpha value is -2.87. The minimum absolute atomic E-state index is 0.0576. The van der Waals surface area contributed by atoms with Gasteiger partial charge in [-0.05, 0) is 31.4 Å². The number of rotatable bonds is 5. The Labute approximate surface area is 177 Å². The number of benzene rings is 1. The molecule has 0 unspecified atom stereocenters. The number of fused-ring (bicyclic) bond motifs is 1. The molecular weight excluding hydrogens is 380 g/mol. The summed E-state index contributed by atoms with van der Waals surface area (Å²) < 4.78 is 4.92. The van der Waals surface area contributed by atoms with E-state index < -0.39 is 0 Å². The zero-order valence-corrected chi connectivity index (χ0v) is 17.6. The number of para-hydroxylation sites is 1. The van der Waals surface area contributed by atoms with Gasteiger partial charge in [-0.25, -0.2) is 4.99 Å². The van der Waals surface area contributed by atoms with Crippen LogP contribution in [-0.4, -0.2) is 72.6 Å². The monoisotopic (exact) mass is 410 g/mol. The fraction of sp³-hybridized carbons (Fsp3) is 0.500. The summed E-state index contributed by atoms with van der Waals surface area (Å²) in [4.78, 5) is 24.1. The van der Waals surface area contributed by atoms with Gasteiger partial charge in [0.25, 0.3) is 0 Å². The highest BCUT2D eigenvalue weighted by molar-refractivity contribution is 5.97. The molecule has 0 spiro atoms. The summed E-state index contributed by atoms with van der Waals surface area (Å²) in [7, 11) is 0. The fourth-order valence-electron chi connectivity index (χ4n) is 4.11. The number of hydrogen-bond donors (Lipinski definition) is 1. The molecule has 1 amide bonds. The van der Waals surface area contributed by atoms with Crippen molar-refractivity contribution in [2.75, 3.05) is 50.7 Å². The summed E-state index contributed by atoms with van der Waals surface area (Å²) >= 11 is 0. The maximum absolute atomic E-state index is 12.9. The second-order valence-electron chi connectivity index (χ2n) is 7.70. The van der Waals surface area contributed by atoms with E-state index in [-0.39, 0.29) is 12.5 Å². The molecule has 1 N–H and O–H groups in total. The van der Waals surface area contributed by atoms with Crippen molar-refractivity contribution in [3.63, 3.8) is 0 Å². The molecule has 4 rings (SSSR count). The smallest absolute Gasteiger partial charge is 0.248 e. The number of aromatic nitrogens is 1. The van der Waals surface area contributed by atoms with E-state index in [1.807, 2.05) is 29.2 Å². The molecule has 0 bridgehead atoms. The third-order valence-corrected chi connectivity index (χ3v) is 5.66. The molecule has 30 heavy (non-hydrogen) atoms. The van der Waals surface area contributed by atoms with E-state index in [0.717, 1.165) is 76.0 Å². The van der Waals surface area contributed by atoms with Gasteiger partial charge in [-0.1, -0.05) is 23.4 Å². The minimum Gasteiger partial charge on any atom is -0.364 e. The molecule has 2 aliphatic rings. The van der Waals surface area contributed by atoms with Crippen LogP contribution in [0.1, 0.15) is 24.6 Å². The summed E-state index contributed by atoms with van der Waals surface area (Å²) in [6, 6.07) is 10.1. The molecular formula is C22H30N6O2. The van der Waals surface area contributed by atoms with Crippen LogP contribution in [0.3, 0.4) is 0 Å². The summed E-state index contributed by atoms with van der Waals surface area (Å²) in [6.45, 7) is 8.13. The zero-order chi connectivity index (χ0) is 20.8. The molecule has 1 aromatic carbocycles. The fourth-order valence-corrected chi connectivity index (χ4v) is 4.11. The molecule has 1 fully saturated rings. The molecule has 2 aliphatic heterocycles. The normalized spacial score (nSPS) is 17.7. The predicted octanol–water partition coefficient (Wildman–Crippen LogP) is 1.74. The Bertz CT molecular complexity index is 858. The van der Waals surface area contributed by atoms with Crippen LogP contribution < -0.4 is 10.2 Å². The van der Waals surface area contributed by atoms with Crippen LogP contribution in [0, 0.1) is 0 Å². The van der Waals surface area contributed by atoms with Crippen molar-refractivity contribution in [3.05, 3.63) is 47.9 Å². The minimum atomic E-state index is 0.0576. The summed E-state index contributed by atoms with van der Waals surface area (Å²) in [5.41, 5.74) is 3.24. The number of carbonyl (C=O) groups is 1. The maximum atomic E-state index is 12.9. The number of piperazine rings is 1. The highest BCUT2D eigenvalue weighted by Gasteiger charge is 2.23. The van der Waals surface area contributed by atoms with Crippen molar-refractivity contribution in [2.45, 2.75) is 26.3 Å². The van der Waals surface area contributed by atoms with E-state index >= 15 is 0 Å². The first kappa shape index (κ1) is 20.4. The maximum Gasteiger partial charge on any atom is 0.248 e. The highest BCUT2D eigenvalue weighted by Crippen LogP contribution is 2.26. The lowest BCUT2D eigenvalue weighted by Crippen LogP contribution is -2.52. The Morgan fingerprint density at radius 2 is 2.00 bits per heavy atom. The molecule has 0 atom stereocenters. The third kappa shape index (κ3) is 4.81. The van der Waals surface area contributed by atoms with Gasteiger partial charge < -0.3 is 19.6 Å². The van der Waals surface area contributed by atoms with Crippen LogP contribution in [0.15, 0.2) is 46.1 Å². The first-order chi connectivity index (χ1) is 14.7. The number of nitrogens with zero attached hydrogens (tertiary/aromatic N) is 5. The lowest BCUT2D eigenvalue weighted by molar-refractivity contribution is -0.117. The number of hydrogen-bond acceptors (Lipinski definition) is 5. The van der Waals surface area contributed by atoms with E-state index in [4.69, 9.17) is 4.52 Å². The second kappa shape index (κ2) is 9.75. The molecule has 3 heterocycles. The average molecular weight is 411 g/mol. The summed E-state index contributed by atoms with van der Waals surface area (Å²) in [5, 5.41) is 7.34. The Morgan fingerprint density at radius 3 is 2.77 bits per heavy atom. The van der Waals surface area contributed by atoms with Gasteiger partial charge in [-0.3, -0.25) is 9.69 Å². The van der Waals surface area contributed by atoms with E-state index in [1.165, 1.54) is 5.56 Å². The lowest BCUT2D eigenvalue weighted by atomic mass is 10.0. The van der Waals surface area contributed by atoms with Gasteiger partial charge in [-0.2, -0.15) is 0 Å². The predicted molar refractivity (Wildman–Crippen MR) is 116 cm³/mol. The van der Waals surface area contributed by atoms with Crippen LogP contribution in [0.25, 0.3) is 0 Å². The second-order valence-corrected chi connectivity index (χ2v) is 7.70. The molecule has 0 saturated carbocycles. The van der Waals surface area contributed by atoms with Crippen LogP contribution in [0.4, 0.5) is 5.69 Å². The van der Waals surface area contributed by atoms with E-state index in [2.05, 4.69) is 38.3 Å². The molecule has 1 aromatic heterocycles. The SMILES string of the molecule is CCNC(=NCC(=O)N1CCCc2ccccc21)N1CCN(Cc2ccon2)CC1. The van der Waals surface area contributed by atoms with Gasteiger partial charge in [0.1, 0.15) is 12.8 Å². The molecule has 8 heteroatoms. The van der Waals surface area contributed by atoms with Crippen LogP contribution in [0.2, 0.25) is 0 Å². The Balaban J connectivity index is 1.36. The number of nitrogens with one attached hydrogen (secondary N) is 1. The van der Waals surface area contributed by atoms with Crippen molar-refractivity contribution in [1.82, 2.24) is 20.3 Å². The van der Waals surface area contributed by atoms with Gasteiger partial charge in [0.15, 0.2) is 5.96 Å². The third-order valence-electron chi connectivity index (χ3n) is 5.66. The van der Waals surface area contributed by atoms with Crippen molar-refractivity contribution >= 4 is 17.6 Å². The summed E-state index contributed by atoms with van der Waals surface area (Å²) in [5.74, 6) is 0.874. The van der Waals surface area contributed by atoms with Gasteiger partial charge in [0.05, 0.1) is 5.69 Å². The van der Waals surface area contributed by atoms with Gasteiger partial charge in [0.2, 0.25) is 5.91 Å². The number of aliphatic imine (C=N–C) groups is 1. The summed E-state index contributed by atoms with van der Waals surface area (Å²) in [6.07, 6.45) is 3.64. The van der Waals surface area contributed by atoms with Crippen molar-refractivity contribution < 1.29 is 9.32 Å². The van der Waals surface area contributed by atoms with Crippen LogP contribution in [-0.2, 0) is 17.8 Å². The number of guanidine groups is 1. The lowest BCUT2D eigenvalue weighted by Gasteiger charge is -2.36. The molecule has 1 saturated heterocycles. The van der Waals surface area contributed by atoms with Crippen LogP contribution in [0.5, 0.6) is 0 Å². The molecule has 8 nitrogen and oxygen atoms in total. The van der Waals surface area contributed by atoms with E-state index in [1.54, 1.807) is 6.26 Å². The Morgan fingerprint density at radius 1 is 1.17 bits per heavy atom. The van der Waals surface area contributed by atoms with Gasteiger partial charge in [-0.15, -0.1) is 0 Å². The first-order valence-electron chi connectivity index (χ1n) is 10.8. The molecule has 0 radical (unpaired) electrons. The van der Waals surface area contributed by atoms with E-state index in [0.29, 0.717) is 0 Å². The topological polar surface area (TPSA) is 77.2 Å². The van der Waals surface area contributed by atoms with Crippen molar-refractivity contribution in [2.24, 2.45) is 4.99 Å². The first-order valence-corrected chi connectivity index (χ1v) is 10.8. The Kier molecular flexibility index (Phi) is 6.63. The number of aryl methyl sites for hydroxylation is 1. The largest absolute Gasteiger partial charge is 0.364 e. The molecule has 0 aliphatic carbocycles. The quantitative estimate of drug-likeness (QED) is 0.598. The van der Waals surface area contributed by atoms with Crippen LogP contribution >= 0.6 is 0 Å². The number of amides is 1. The van der Waals surface area contributed by atoms with Crippen molar-refractivity contribution in [3.8, 4) is 0 Å². The zero-order valence-electron chi connectivity index (χ0n) is 17.6. The molecule has 2 aromatic rings. The number of carbonyl (C=O) groups excluding carboxylic acids is 1. The van der Waals surface area contributed by atoms with Crippen molar-refractivity contribution in [1.29, 1.82) is 0 Å². The molecule has 160 valence electrons. The van der Waals surface area contributed by atoms with E-state index in [9.17, 15) is 4.79 Å². The standard InChI is InChI=1S/C22H30N6O2/c1-2-23-22(27-13-11-26(12-14-27)17-19-9-15-30-25-19)24-16-21(29)28-10-5-7-18-6-3-4-8-20(18)28/h3-4,6,8-9,15H,2,5,7,10-14,16-17H2,1H3,(H,23,24). The highest BCUT2D eigenvalue weighted by atomic mass is 16.5. The van der Waals surface area contributed by atoms with Gasteiger partial charge in [0, 0.05) is 57.6 Å². The average Bonchev–Trinajstić information content (AvgIpc) is 3.30.